The maximum atomic E-state index is 11.5. The fraction of sp³-hybridized carbons (Fsp3) is 0.600. The first-order chi connectivity index (χ1) is 6.75. The van der Waals surface area contributed by atoms with Crippen molar-refractivity contribution in [3.8, 4) is 0 Å². The molecule has 1 unspecified atom stereocenters. The molecule has 1 aromatic rings. The van der Waals surface area contributed by atoms with Crippen molar-refractivity contribution >= 4 is 32.8 Å². The molecule has 0 aliphatic heterocycles. The summed E-state index contributed by atoms with van der Waals surface area (Å²) in [4.78, 5) is 1.12. The predicted octanol–water partition coefficient (Wildman–Crippen LogP) is 2.72. The summed E-state index contributed by atoms with van der Waals surface area (Å²) in [5, 5.41) is 1.57. The topological polar surface area (TPSA) is 34.1 Å². The molecule has 5 heteroatoms. The van der Waals surface area contributed by atoms with Gasteiger partial charge in [-0.1, -0.05) is 6.07 Å². The lowest BCUT2D eigenvalue weighted by Crippen LogP contribution is -2.41. The van der Waals surface area contributed by atoms with Crippen LogP contribution in [0.5, 0.6) is 0 Å². The highest BCUT2D eigenvalue weighted by Crippen LogP contribution is 2.28. The lowest BCUT2D eigenvalue weighted by Gasteiger charge is -2.27. The van der Waals surface area contributed by atoms with Gasteiger partial charge in [0.25, 0.3) is 0 Å². The Morgan fingerprint density at radius 3 is 2.53 bits per heavy atom. The van der Waals surface area contributed by atoms with E-state index in [0.717, 1.165) is 4.88 Å². The normalized spacial score (nSPS) is 15.2. The van der Waals surface area contributed by atoms with Gasteiger partial charge in [-0.15, -0.1) is 22.9 Å². The van der Waals surface area contributed by atoms with Gasteiger partial charge < -0.3 is 0 Å². The fourth-order valence-electron chi connectivity index (χ4n) is 1.08. The van der Waals surface area contributed by atoms with Crippen molar-refractivity contribution in [3.63, 3.8) is 0 Å². The molecule has 0 radical (unpaired) electrons. The number of sulfone groups is 1. The van der Waals surface area contributed by atoms with E-state index in [0.29, 0.717) is 6.42 Å². The number of hydrogen-bond acceptors (Lipinski definition) is 3. The standard InChI is InChI=1S/C10H15ClO2S2/c1-10(2,15(3,12)13)9(11)7-8-5-4-6-14-8/h4-6,9H,7H2,1-3H3. The van der Waals surface area contributed by atoms with Crippen molar-refractivity contribution in [2.24, 2.45) is 0 Å². The lowest BCUT2D eigenvalue weighted by atomic mass is 10.1. The van der Waals surface area contributed by atoms with Crippen LogP contribution in [0.3, 0.4) is 0 Å². The number of halogens is 1. The van der Waals surface area contributed by atoms with Gasteiger partial charge in [0.05, 0.1) is 10.1 Å². The third-order valence-electron chi connectivity index (χ3n) is 2.67. The van der Waals surface area contributed by atoms with E-state index in [-0.39, 0.29) is 0 Å². The van der Waals surface area contributed by atoms with E-state index < -0.39 is 20.0 Å². The molecule has 0 bridgehead atoms. The Hall–Kier alpha value is -0.0600. The van der Waals surface area contributed by atoms with Gasteiger partial charge >= 0.3 is 0 Å². The third-order valence-corrected chi connectivity index (χ3v) is 6.59. The van der Waals surface area contributed by atoms with Gasteiger partial charge in [0, 0.05) is 11.1 Å². The number of rotatable bonds is 4. The molecule has 0 N–H and O–H groups in total. The van der Waals surface area contributed by atoms with Gasteiger partial charge in [-0.2, -0.15) is 0 Å². The summed E-state index contributed by atoms with van der Waals surface area (Å²) in [6.45, 7) is 3.35. The Morgan fingerprint density at radius 1 is 1.53 bits per heavy atom. The zero-order chi connectivity index (χ0) is 11.7. The van der Waals surface area contributed by atoms with E-state index in [4.69, 9.17) is 11.6 Å². The van der Waals surface area contributed by atoms with Gasteiger partial charge in [0.15, 0.2) is 9.84 Å². The van der Waals surface area contributed by atoms with Crippen molar-refractivity contribution in [1.82, 2.24) is 0 Å². The molecule has 1 rings (SSSR count). The van der Waals surface area contributed by atoms with E-state index >= 15 is 0 Å². The maximum absolute atomic E-state index is 11.5. The van der Waals surface area contributed by atoms with Gasteiger partial charge in [0.2, 0.25) is 0 Å². The van der Waals surface area contributed by atoms with Crippen LogP contribution in [-0.2, 0) is 16.3 Å². The summed E-state index contributed by atoms with van der Waals surface area (Å²) in [6.07, 6.45) is 1.83. The monoisotopic (exact) mass is 266 g/mol. The predicted molar refractivity (Wildman–Crippen MR) is 66.6 cm³/mol. The van der Waals surface area contributed by atoms with Crippen LogP contribution in [0.15, 0.2) is 17.5 Å². The van der Waals surface area contributed by atoms with Crippen molar-refractivity contribution in [2.75, 3.05) is 6.26 Å². The number of hydrogen-bond donors (Lipinski definition) is 0. The lowest BCUT2D eigenvalue weighted by molar-refractivity contribution is 0.537. The van der Waals surface area contributed by atoms with Crippen LogP contribution in [0, 0.1) is 0 Å². The average Bonchev–Trinajstić information content (AvgIpc) is 2.54. The second kappa shape index (κ2) is 4.44. The molecule has 0 aliphatic carbocycles. The highest BCUT2D eigenvalue weighted by molar-refractivity contribution is 7.92. The van der Waals surface area contributed by atoms with Crippen molar-refractivity contribution in [3.05, 3.63) is 22.4 Å². The zero-order valence-corrected chi connectivity index (χ0v) is 11.4. The summed E-state index contributed by atoms with van der Waals surface area (Å²) in [5.74, 6) is 0. The van der Waals surface area contributed by atoms with E-state index in [1.165, 1.54) is 6.26 Å². The van der Waals surface area contributed by atoms with Crippen LogP contribution in [0.2, 0.25) is 0 Å². The molecule has 0 aliphatic rings. The molecular weight excluding hydrogens is 252 g/mol. The quantitative estimate of drug-likeness (QED) is 0.786. The van der Waals surface area contributed by atoms with Gasteiger partial charge in [0.1, 0.15) is 0 Å². The first kappa shape index (κ1) is 13.0. The Balaban J connectivity index is 2.81. The highest BCUT2D eigenvalue weighted by atomic mass is 35.5. The molecule has 1 aromatic heterocycles. The molecule has 0 amide bonds. The second-order valence-electron chi connectivity index (χ2n) is 4.13. The molecular formula is C10H15ClO2S2. The summed E-state index contributed by atoms with van der Waals surface area (Å²) in [5.41, 5.74) is 0. The van der Waals surface area contributed by atoms with Gasteiger partial charge in [-0.25, -0.2) is 8.42 Å². The number of alkyl halides is 1. The first-order valence-corrected chi connectivity index (χ1v) is 7.82. The SMILES string of the molecule is CC(C)(C(Cl)Cc1cccs1)S(C)(=O)=O. The van der Waals surface area contributed by atoms with Crippen LogP contribution in [0.1, 0.15) is 18.7 Å². The Labute approximate surface area is 100 Å². The Bertz CT molecular complexity index is 407. The minimum Gasteiger partial charge on any atom is -0.229 e. The fourth-order valence-corrected chi connectivity index (χ4v) is 3.13. The maximum Gasteiger partial charge on any atom is 0.154 e. The molecule has 2 nitrogen and oxygen atoms in total. The van der Waals surface area contributed by atoms with Crippen molar-refractivity contribution in [2.45, 2.75) is 30.4 Å². The van der Waals surface area contributed by atoms with E-state index in [1.54, 1.807) is 25.2 Å². The van der Waals surface area contributed by atoms with Crippen LogP contribution in [-0.4, -0.2) is 24.8 Å². The Morgan fingerprint density at radius 2 is 2.13 bits per heavy atom. The minimum atomic E-state index is -3.13. The van der Waals surface area contributed by atoms with Crippen molar-refractivity contribution in [1.29, 1.82) is 0 Å². The molecule has 86 valence electrons. The first-order valence-electron chi connectivity index (χ1n) is 4.61. The molecule has 15 heavy (non-hydrogen) atoms. The molecule has 1 atom stereocenters. The molecule has 0 saturated heterocycles. The van der Waals surface area contributed by atoms with Crippen LogP contribution < -0.4 is 0 Å². The molecule has 0 spiro atoms. The zero-order valence-electron chi connectivity index (χ0n) is 9.03. The van der Waals surface area contributed by atoms with Crippen LogP contribution in [0.25, 0.3) is 0 Å². The molecule has 0 aromatic carbocycles. The highest BCUT2D eigenvalue weighted by Gasteiger charge is 2.37. The van der Waals surface area contributed by atoms with Gasteiger partial charge in [-0.3, -0.25) is 0 Å². The van der Waals surface area contributed by atoms with E-state index in [9.17, 15) is 8.42 Å². The second-order valence-corrected chi connectivity index (χ2v) is 8.28. The van der Waals surface area contributed by atoms with Crippen LogP contribution in [0.4, 0.5) is 0 Å². The smallest absolute Gasteiger partial charge is 0.154 e. The van der Waals surface area contributed by atoms with Crippen molar-refractivity contribution < 1.29 is 8.42 Å². The van der Waals surface area contributed by atoms with Crippen LogP contribution >= 0.6 is 22.9 Å². The largest absolute Gasteiger partial charge is 0.229 e. The third kappa shape index (κ3) is 2.95. The van der Waals surface area contributed by atoms with Gasteiger partial charge in [-0.05, 0) is 31.7 Å². The molecule has 0 saturated carbocycles. The molecule has 0 fully saturated rings. The van der Waals surface area contributed by atoms with E-state index in [2.05, 4.69) is 0 Å². The summed E-state index contributed by atoms with van der Waals surface area (Å²) >= 11 is 7.77. The Kier molecular flexibility index (Phi) is 3.85. The summed E-state index contributed by atoms with van der Waals surface area (Å²) in [7, 11) is -3.13. The van der Waals surface area contributed by atoms with E-state index in [1.807, 2.05) is 17.5 Å². The number of thiophene rings is 1. The minimum absolute atomic E-state index is 0.397. The molecule has 1 heterocycles. The average molecular weight is 267 g/mol. The summed E-state index contributed by atoms with van der Waals surface area (Å²) in [6, 6.07) is 3.91. The summed E-state index contributed by atoms with van der Waals surface area (Å²) < 4.78 is 22.2.